The van der Waals surface area contributed by atoms with E-state index in [1.54, 1.807) is 18.2 Å². The number of benzene rings is 2. The molecule has 0 fully saturated rings. The van der Waals surface area contributed by atoms with E-state index in [1.165, 1.54) is 24.3 Å². The van der Waals surface area contributed by atoms with Gasteiger partial charge >= 0.3 is 0 Å². The lowest BCUT2D eigenvalue weighted by Crippen LogP contribution is -2.25. The zero-order chi connectivity index (χ0) is 19.6. The summed E-state index contributed by atoms with van der Waals surface area (Å²) in [4.78, 5) is 37.9. The van der Waals surface area contributed by atoms with Gasteiger partial charge in [0.25, 0.3) is 0 Å². The molecule has 2 N–H and O–H groups in total. The molecule has 0 bridgehead atoms. The first kappa shape index (κ1) is 18.7. The van der Waals surface area contributed by atoms with Gasteiger partial charge in [0.2, 0.25) is 0 Å². The van der Waals surface area contributed by atoms with E-state index in [1.807, 2.05) is 6.92 Å². The molecule has 0 aliphatic heterocycles. The minimum absolute atomic E-state index is 0.116. The summed E-state index contributed by atoms with van der Waals surface area (Å²) in [7, 11) is 0. The molecule has 0 heterocycles. The fraction of sp³-hybridized carbons (Fsp3) is 0.200. The molecular weight excluding hydrogens is 366 g/mol. The average molecular weight is 383 g/mol. The summed E-state index contributed by atoms with van der Waals surface area (Å²) >= 11 is 4.98. The smallest absolute Gasteiger partial charge is 0.197 e. The van der Waals surface area contributed by atoms with Crippen molar-refractivity contribution in [3.05, 3.63) is 59.2 Å². The van der Waals surface area contributed by atoms with Crippen molar-refractivity contribution in [3.63, 3.8) is 0 Å². The molecule has 0 saturated carbocycles. The van der Waals surface area contributed by atoms with E-state index in [2.05, 4.69) is 0 Å². The molecule has 6 nitrogen and oxygen atoms in total. The van der Waals surface area contributed by atoms with Gasteiger partial charge < -0.3 is 15.2 Å². The van der Waals surface area contributed by atoms with Crippen LogP contribution in [0.1, 0.15) is 38.0 Å². The molecule has 7 heteroatoms. The third kappa shape index (κ3) is 3.59. The van der Waals surface area contributed by atoms with Crippen LogP contribution in [0.2, 0.25) is 0 Å². The van der Waals surface area contributed by atoms with Gasteiger partial charge in [-0.05, 0) is 49.5 Å². The SMILES string of the molecule is CCOC(=S)COc1ccc(C(=O)C2C(=O)c3cccc(N)c3C2=O)cc1. The Morgan fingerprint density at radius 1 is 1.11 bits per heavy atom. The van der Waals surface area contributed by atoms with Crippen molar-refractivity contribution < 1.29 is 23.9 Å². The predicted octanol–water partition coefficient (Wildman–Crippen LogP) is 2.89. The maximum Gasteiger partial charge on any atom is 0.197 e. The third-order valence-corrected chi connectivity index (χ3v) is 4.43. The summed E-state index contributed by atoms with van der Waals surface area (Å²) in [6.45, 7) is 2.40. The Hall–Kier alpha value is -3.06. The highest BCUT2D eigenvalue weighted by molar-refractivity contribution is 7.80. The molecule has 0 amide bonds. The second-order valence-corrected chi connectivity index (χ2v) is 6.37. The summed E-state index contributed by atoms with van der Waals surface area (Å²) in [6, 6.07) is 10.8. The number of thiocarbonyl (C=S) groups is 1. The molecule has 3 rings (SSSR count). The van der Waals surface area contributed by atoms with Crippen molar-refractivity contribution >= 4 is 40.3 Å². The van der Waals surface area contributed by atoms with E-state index in [0.717, 1.165) is 0 Å². The topological polar surface area (TPSA) is 95.7 Å². The molecule has 0 radical (unpaired) electrons. The van der Waals surface area contributed by atoms with Crippen LogP contribution in [0.5, 0.6) is 5.75 Å². The molecule has 1 atom stereocenters. The fourth-order valence-electron chi connectivity index (χ4n) is 2.93. The third-order valence-electron chi connectivity index (χ3n) is 4.20. The van der Waals surface area contributed by atoms with E-state index < -0.39 is 23.3 Å². The molecule has 0 saturated heterocycles. The molecule has 138 valence electrons. The van der Waals surface area contributed by atoms with Gasteiger partial charge in [0.05, 0.1) is 12.2 Å². The van der Waals surface area contributed by atoms with Gasteiger partial charge in [-0.15, -0.1) is 0 Å². The number of ketones is 3. The number of carbonyl (C=O) groups is 3. The summed E-state index contributed by atoms with van der Waals surface area (Å²) in [5, 5.41) is 0.329. The maximum atomic E-state index is 12.7. The second-order valence-electron chi connectivity index (χ2n) is 5.91. The second kappa shape index (κ2) is 7.67. The molecule has 1 aliphatic carbocycles. The Balaban J connectivity index is 1.75. The highest BCUT2D eigenvalue weighted by Crippen LogP contribution is 2.33. The standard InChI is InChI=1S/C20H17NO5S/c1-2-25-15(27)10-26-12-8-6-11(7-9-12)18(22)17-19(23)13-4-3-5-14(21)16(13)20(17)24/h3-9,17H,2,10,21H2,1H3. The number of nitrogens with two attached hydrogens (primary N) is 1. The van der Waals surface area contributed by atoms with Gasteiger partial charge in [0.15, 0.2) is 29.0 Å². The van der Waals surface area contributed by atoms with Gasteiger partial charge in [-0.25, -0.2) is 0 Å². The Bertz CT molecular complexity index is 936. The van der Waals surface area contributed by atoms with E-state index in [-0.39, 0.29) is 29.0 Å². The summed E-state index contributed by atoms with van der Waals surface area (Å²) < 4.78 is 10.6. The van der Waals surface area contributed by atoms with Gasteiger partial charge in [-0.3, -0.25) is 14.4 Å². The number of rotatable bonds is 6. The Labute approximate surface area is 161 Å². The van der Waals surface area contributed by atoms with Crippen molar-refractivity contribution in [2.45, 2.75) is 6.92 Å². The quantitative estimate of drug-likeness (QED) is 0.355. The van der Waals surface area contributed by atoms with Crippen molar-refractivity contribution in [1.29, 1.82) is 0 Å². The summed E-state index contributed by atoms with van der Waals surface area (Å²) in [6.07, 6.45) is 0. The first-order valence-corrected chi connectivity index (χ1v) is 8.74. The van der Waals surface area contributed by atoms with E-state index in [0.29, 0.717) is 17.4 Å². The zero-order valence-corrected chi connectivity index (χ0v) is 15.4. The van der Waals surface area contributed by atoms with Crippen LogP contribution < -0.4 is 10.5 Å². The molecule has 1 unspecified atom stereocenters. The van der Waals surface area contributed by atoms with Crippen LogP contribution in [0.4, 0.5) is 5.69 Å². The van der Waals surface area contributed by atoms with Crippen LogP contribution in [0.3, 0.4) is 0 Å². The summed E-state index contributed by atoms with van der Waals surface area (Å²) in [5.74, 6) is -2.53. The van der Waals surface area contributed by atoms with Crippen molar-refractivity contribution in [1.82, 2.24) is 0 Å². The molecule has 0 aromatic heterocycles. The summed E-state index contributed by atoms with van der Waals surface area (Å²) in [5.41, 5.74) is 6.58. The highest BCUT2D eigenvalue weighted by Gasteiger charge is 2.44. The lowest BCUT2D eigenvalue weighted by atomic mass is 9.93. The van der Waals surface area contributed by atoms with Crippen LogP contribution in [-0.2, 0) is 4.74 Å². The average Bonchev–Trinajstić information content (AvgIpc) is 2.92. The number of nitrogen functional groups attached to an aromatic ring is 1. The largest absolute Gasteiger partial charge is 0.485 e. The van der Waals surface area contributed by atoms with E-state index in [9.17, 15) is 14.4 Å². The number of Topliss-reactive ketones (excluding diaryl/α,β-unsaturated/α-hetero) is 3. The number of hydrogen-bond donors (Lipinski definition) is 1. The Morgan fingerprint density at radius 3 is 2.44 bits per heavy atom. The van der Waals surface area contributed by atoms with Crippen molar-refractivity contribution in [2.24, 2.45) is 5.92 Å². The van der Waals surface area contributed by atoms with Gasteiger partial charge in [0, 0.05) is 16.8 Å². The molecular formula is C20H17NO5S. The minimum Gasteiger partial charge on any atom is -0.485 e. The van der Waals surface area contributed by atoms with Crippen molar-refractivity contribution in [2.75, 3.05) is 18.9 Å². The van der Waals surface area contributed by atoms with Crippen LogP contribution in [0.25, 0.3) is 0 Å². The van der Waals surface area contributed by atoms with Crippen LogP contribution in [0.15, 0.2) is 42.5 Å². The van der Waals surface area contributed by atoms with Gasteiger partial charge in [-0.2, -0.15) is 0 Å². The zero-order valence-electron chi connectivity index (χ0n) is 14.6. The maximum absolute atomic E-state index is 12.7. The number of hydrogen-bond acceptors (Lipinski definition) is 7. The molecule has 2 aromatic carbocycles. The molecule has 2 aromatic rings. The lowest BCUT2D eigenvalue weighted by molar-refractivity contribution is 0.0756. The number of ether oxygens (including phenoxy) is 2. The van der Waals surface area contributed by atoms with Crippen LogP contribution >= 0.6 is 12.2 Å². The first-order chi connectivity index (χ1) is 12.9. The van der Waals surface area contributed by atoms with Crippen LogP contribution in [0, 0.1) is 5.92 Å². The van der Waals surface area contributed by atoms with Gasteiger partial charge in [-0.1, -0.05) is 12.1 Å². The van der Waals surface area contributed by atoms with Crippen LogP contribution in [-0.4, -0.2) is 35.6 Å². The fourth-order valence-corrected chi connectivity index (χ4v) is 3.11. The highest BCUT2D eigenvalue weighted by atomic mass is 32.1. The predicted molar refractivity (Wildman–Crippen MR) is 103 cm³/mol. The van der Waals surface area contributed by atoms with Gasteiger partial charge in [0.1, 0.15) is 11.7 Å². The number of carbonyl (C=O) groups excluding carboxylic acids is 3. The monoisotopic (exact) mass is 383 g/mol. The molecule has 27 heavy (non-hydrogen) atoms. The Morgan fingerprint density at radius 2 is 1.81 bits per heavy atom. The van der Waals surface area contributed by atoms with E-state index in [4.69, 9.17) is 27.4 Å². The van der Waals surface area contributed by atoms with E-state index >= 15 is 0 Å². The number of fused-ring (bicyclic) bond motifs is 1. The minimum atomic E-state index is -1.39. The molecule has 1 aliphatic rings. The lowest BCUT2D eigenvalue weighted by Gasteiger charge is -2.09. The molecule has 0 spiro atoms. The number of anilines is 1. The normalized spacial score (nSPS) is 15.4. The van der Waals surface area contributed by atoms with Crippen molar-refractivity contribution in [3.8, 4) is 5.75 Å². The Kier molecular flexibility index (Phi) is 5.32. The first-order valence-electron chi connectivity index (χ1n) is 8.33.